The first-order chi connectivity index (χ1) is 16.1. The number of halogens is 5. The van der Waals surface area contributed by atoms with E-state index in [1.165, 1.54) is 30.3 Å². The van der Waals surface area contributed by atoms with E-state index in [9.17, 15) is 22.4 Å². The Balaban J connectivity index is 1.52. The maximum atomic E-state index is 14.0. The predicted molar refractivity (Wildman–Crippen MR) is 118 cm³/mol. The monoisotopic (exact) mass is 501 g/mol. The summed E-state index contributed by atoms with van der Waals surface area (Å²) in [6.45, 7) is 1.91. The van der Waals surface area contributed by atoms with Gasteiger partial charge in [0.05, 0.1) is 18.3 Å². The molecule has 0 saturated carbocycles. The van der Waals surface area contributed by atoms with E-state index in [0.29, 0.717) is 12.8 Å². The Bertz CT molecular complexity index is 1050. The van der Waals surface area contributed by atoms with Gasteiger partial charge in [0.2, 0.25) is 0 Å². The van der Waals surface area contributed by atoms with Crippen molar-refractivity contribution in [3.8, 4) is 5.75 Å². The smallest absolute Gasteiger partial charge is 0.421 e. The minimum atomic E-state index is -4.61. The van der Waals surface area contributed by atoms with Crippen LogP contribution in [0.15, 0.2) is 42.5 Å². The number of benzene rings is 2. The molecule has 34 heavy (non-hydrogen) atoms. The molecule has 184 valence electrons. The first-order valence-electron chi connectivity index (χ1n) is 10.8. The third-order valence-electron chi connectivity index (χ3n) is 6.06. The Labute approximate surface area is 198 Å². The molecular weight excluding hydrogens is 478 g/mol. The zero-order valence-electron chi connectivity index (χ0n) is 18.2. The van der Waals surface area contributed by atoms with Crippen LogP contribution in [0.25, 0.3) is 0 Å². The zero-order valence-corrected chi connectivity index (χ0v) is 19.0. The number of urea groups is 1. The second-order valence-corrected chi connectivity index (χ2v) is 8.87. The topological polar surface area (TPSA) is 71.6 Å². The third-order valence-corrected chi connectivity index (χ3v) is 6.29. The Morgan fingerprint density at radius 1 is 1.24 bits per heavy atom. The molecule has 4 rings (SSSR count). The number of hydrogen-bond acceptors (Lipinski definition) is 4. The fourth-order valence-electron chi connectivity index (χ4n) is 4.18. The summed E-state index contributed by atoms with van der Waals surface area (Å²) in [7, 11) is 0. The van der Waals surface area contributed by atoms with Crippen molar-refractivity contribution >= 4 is 23.3 Å². The quantitative estimate of drug-likeness (QED) is 0.485. The molecule has 2 heterocycles. The molecule has 2 aromatic carbocycles. The standard InChI is InChI=1S/C23H24ClF4N3O3/c1-13-6-8-18(31-21(32)30-17-9-7-14(24)12-16(17)25)20(29-13)34-19-5-3-2-4-15(19)22(10-11-33-22)23(26,27)28/h2-5,7,9,12-13,18,20,29H,6,8,10-11H2,1H3,(H2,30,31,32)/t13?,18?,20?,22-/m1/s1. The molecule has 0 spiro atoms. The van der Waals surface area contributed by atoms with Gasteiger partial charge in [-0.05, 0) is 44.0 Å². The van der Waals surface area contributed by atoms with E-state index in [-0.39, 0.29) is 41.1 Å². The summed E-state index contributed by atoms with van der Waals surface area (Å²) in [6, 6.07) is 8.43. The Hall–Kier alpha value is -2.56. The van der Waals surface area contributed by atoms with Crippen molar-refractivity contribution in [2.45, 2.75) is 56.3 Å². The van der Waals surface area contributed by atoms with Gasteiger partial charge in [-0.2, -0.15) is 13.2 Å². The minimum absolute atomic E-state index is 0.00182. The van der Waals surface area contributed by atoms with Gasteiger partial charge in [0.15, 0.2) is 11.8 Å². The number of hydrogen-bond donors (Lipinski definition) is 3. The van der Waals surface area contributed by atoms with E-state index in [4.69, 9.17) is 21.1 Å². The Morgan fingerprint density at radius 3 is 2.62 bits per heavy atom. The van der Waals surface area contributed by atoms with Crippen molar-refractivity contribution in [1.82, 2.24) is 10.6 Å². The fourth-order valence-corrected chi connectivity index (χ4v) is 4.34. The molecule has 0 aromatic heterocycles. The third kappa shape index (κ3) is 4.94. The summed E-state index contributed by atoms with van der Waals surface area (Å²) in [4.78, 5) is 12.5. The van der Waals surface area contributed by atoms with Crippen molar-refractivity contribution in [3.05, 3.63) is 58.9 Å². The highest BCUT2D eigenvalue weighted by Crippen LogP contribution is 2.52. The highest BCUT2D eigenvalue weighted by atomic mass is 35.5. The molecule has 0 bridgehead atoms. The van der Waals surface area contributed by atoms with E-state index in [1.807, 2.05) is 6.92 Å². The number of nitrogens with one attached hydrogen (secondary N) is 3. The lowest BCUT2D eigenvalue weighted by Gasteiger charge is -2.44. The maximum Gasteiger partial charge on any atom is 0.421 e. The van der Waals surface area contributed by atoms with Gasteiger partial charge >= 0.3 is 12.2 Å². The highest BCUT2D eigenvalue weighted by molar-refractivity contribution is 6.30. The molecule has 2 aromatic rings. The van der Waals surface area contributed by atoms with Gasteiger partial charge in [0.25, 0.3) is 0 Å². The van der Waals surface area contributed by atoms with Crippen molar-refractivity contribution in [2.75, 3.05) is 11.9 Å². The second-order valence-electron chi connectivity index (χ2n) is 8.43. The van der Waals surface area contributed by atoms with Gasteiger partial charge < -0.3 is 20.1 Å². The number of carbonyl (C=O) groups excluding carboxylic acids is 1. The summed E-state index contributed by atoms with van der Waals surface area (Å²) in [5.41, 5.74) is -2.59. The van der Waals surface area contributed by atoms with Gasteiger partial charge in [-0.25, -0.2) is 9.18 Å². The number of para-hydroxylation sites is 1. The lowest BCUT2D eigenvalue weighted by molar-refractivity contribution is -0.334. The molecule has 3 N–H and O–H groups in total. The largest absolute Gasteiger partial charge is 0.473 e. The second kappa shape index (κ2) is 9.59. The van der Waals surface area contributed by atoms with Gasteiger partial charge in [-0.1, -0.05) is 29.8 Å². The van der Waals surface area contributed by atoms with Crippen molar-refractivity contribution < 1.29 is 31.8 Å². The van der Waals surface area contributed by atoms with Crippen molar-refractivity contribution in [3.63, 3.8) is 0 Å². The number of alkyl halides is 3. The van der Waals surface area contributed by atoms with E-state index < -0.39 is 35.9 Å². The number of anilines is 1. The number of piperidine rings is 1. The molecule has 2 aliphatic rings. The van der Waals surface area contributed by atoms with Crippen LogP contribution in [0.2, 0.25) is 5.02 Å². The van der Waals surface area contributed by atoms with Gasteiger partial charge in [0.1, 0.15) is 11.6 Å². The Kier molecular flexibility index (Phi) is 6.93. The lowest BCUT2D eigenvalue weighted by atomic mass is 9.85. The molecule has 2 fully saturated rings. The molecule has 2 saturated heterocycles. The van der Waals surface area contributed by atoms with Crippen LogP contribution in [0.5, 0.6) is 5.75 Å². The van der Waals surface area contributed by atoms with Crippen LogP contribution in [0.1, 0.15) is 31.7 Å². The summed E-state index contributed by atoms with van der Waals surface area (Å²) < 4.78 is 66.7. The molecule has 6 nitrogen and oxygen atoms in total. The van der Waals surface area contributed by atoms with Gasteiger partial charge in [-0.15, -0.1) is 0 Å². The first kappa shape index (κ1) is 24.6. The molecule has 0 aliphatic carbocycles. The lowest BCUT2D eigenvalue weighted by Crippen LogP contribution is -2.59. The number of carbonyl (C=O) groups is 1. The summed E-state index contributed by atoms with van der Waals surface area (Å²) in [5.74, 6) is -0.681. The van der Waals surface area contributed by atoms with E-state index in [0.717, 1.165) is 6.07 Å². The molecule has 2 amide bonds. The van der Waals surface area contributed by atoms with E-state index in [2.05, 4.69) is 16.0 Å². The van der Waals surface area contributed by atoms with Crippen LogP contribution in [-0.4, -0.2) is 37.1 Å². The predicted octanol–water partition coefficient (Wildman–Crippen LogP) is 5.32. The fraction of sp³-hybridized carbons (Fsp3) is 0.435. The van der Waals surface area contributed by atoms with Crippen LogP contribution in [0.4, 0.5) is 28.0 Å². The molecule has 11 heteroatoms. The Morgan fingerprint density at radius 2 is 1.97 bits per heavy atom. The van der Waals surface area contributed by atoms with Crippen LogP contribution in [0.3, 0.4) is 0 Å². The minimum Gasteiger partial charge on any atom is -0.473 e. The van der Waals surface area contributed by atoms with Gasteiger partial charge in [0, 0.05) is 23.0 Å². The van der Waals surface area contributed by atoms with Gasteiger partial charge in [-0.3, -0.25) is 5.32 Å². The number of rotatable bonds is 5. The molecule has 0 radical (unpaired) electrons. The number of amides is 2. The van der Waals surface area contributed by atoms with Crippen LogP contribution in [-0.2, 0) is 10.3 Å². The van der Waals surface area contributed by atoms with Crippen molar-refractivity contribution in [2.24, 2.45) is 0 Å². The van der Waals surface area contributed by atoms with Crippen LogP contribution in [0, 0.1) is 5.82 Å². The average molecular weight is 502 g/mol. The normalized spacial score (nSPS) is 26.9. The van der Waals surface area contributed by atoms with Crippen LogP contribution < -0.4 is 20.7 Å². The van der Waals surface area contributed by atoms with Crippen molar-refractivity contribution in [1.29, 1.82) is 0 Å². The average Bonchev–Trinajstić information content (AvgIpc) is 2.71. The zero-order chi connectivity index (χ0) is 24.5. The molecule has 2 aliphatic heterocycles. The SMILES string of the molecule is CC1CCC(NC(=O)Nc2ccc(Cl)cc2F)C(Oc2ccccc2[C@@]2(C(F)(F)F)CCO2)N1. The summed E-state index contributed by atoms with van der Waals surface area (Å²) in [6.07, 6.45) is -4.45. The summed E-state index contributed by atoms with van der Waals surface area (Å²) in [5, 5.41) is 8.51. The molecule has 3 unspecified atom stereocenters. The maximum absolute atomic E-state index is 14.0. The molecule has 4 atom stereocenters. The van der Waals surface area contributed by atoms with Crippen LogP contribution >= 0.6 is 11.6 Å². The van der Waals surface area contributed by atoms with E-state index >= 15 is 0 Å². The molecular formula is C23H24ClF4N3O3. The number of ether oxygens (including phenoxy) is 2. The highest BCUT2D eigenvalue weighted by Gasteiger charge is 2.62. The van der Waals surface area contributed by atoms with E-state index in [1.54, 1.807) is 6.07 Å². The summed E-state index contributed by atoms with van der Waals surface area (Å²) >= 11 is 5.73. The first-order valence-corrected chi connectivity index (χ1v) is 11.2.